The van der Waals surface area contributed by atoms with Crippen LogP contribution in [-0.2, 0) is 0 Å². The highest BCUT2D eigenvalue weighted by atomic mass is 35.5. The van der Waals surface area contributed by atoms with E-state index in [1.165, 1.54) is 0 Å². The molecule has 0 aliphatic heterocycles. The van der Waals surface area contributed by atoms with Crippen LogP contribution in [0.2, 0.25) is 5.15 Å². The highest BCUT2D eigenvalue weighted by molar-refractivity contribution is 6.30. The third-order valence-corrected chi connectivity index (χ3v) is 2.84. The van der Waals surface area contributed by atoms with E-state index in [1.807, 2.05) is 13.0 Å². The fourth-order valence-electron chi connectivity index (χ4n) is 1.84. The van der Waals surface area contributed by atoms with Crippen LogP contribution >= 0.6 is 11.6 Å². The maximum absolute atomic E-state index is 12.2. The quantitative estimate of drug-likeness (QED) is 0.534. The lowest BCUT2D eigenvalue weighted by Crippen LogP contribution is -2.15. The molecular weight excluding hydrogens is 296 g/mol. The summed E-state index contributed by atoms with van der Waals surface area (Å²) in [6.07, 6.45) is 0.951. The number of halogens is 1. The van der Waals surface area contributed by atoms with Crippen molar-refractivity contribution < 1.29 is 9.72 Å². The molecule has 0 aliphatic rings. The van der Waals surface area contributed by atoms with E-state index in [0.29, 0.717) is 5.82 Å². The standard InChI is InChI=1S/C13H11ClN4O3/c1-7-3-8(2)16-12(4-7)17-13(19)9-5-11(14)15-6-10(9)18(20)21/h3-6H,1-2H3,(H,16,17,19). The Labute approximate surface area is 125 Å². The first kappa shape index (κ1) is 14.9. The van der Waals surface area contributed by atoms with Gasteiger partial charge in [-0.05, 0) is 37.6 Å². The fraction of sp³-hybridized carbons (Fsp3) is 0.154. The zero-order valence-electron chi connectivity index (χ0n) is 11.3. The zero-order valence-corrected chi connectivity index (χ0v) is 12.0. The predicted molar refractivity (Wildman–Crippen MR) is 77.6 cm³/mol. The first-order valence-corrected chi connectivity index (χ1v) is 6.31. The molecule has 21 heavy (non-hydrogen) atoms. The van der Waals surface area contributed by atoms with Crippen molar-refractivity contribution in [2.45, 2.75) is 13.8 Å². The van der Waals surface area contributed by atoms with E-state index in [4.69, 9.17) is 11.6 Å². The van der Waals surface area contributed by atoms with Crippen molar-refractivity contribution >= 4 is 29.0 Å². The second-order valence-corrected chi connectivity index (χ2v) is 4.79. The molecule has 1 N–H and O–H groups in total. The number of aryl methyl sites for hydroxylation is 2. The number of carbonyl (C=O) groups is 1. The van der Waals surface area contributed by atoms with Gasteiger partial charge in [0.05, 0.1) is 4.92 Å². The molecule has 0 aliphatic carbocycles. The van der Waals surface area contributed by atoms with E-state index in [0.717, 1.165) is 23.5 Å². The number of pyridine rings is 2. The van der Waals surface area contributed by atoms with Crippen LogP contribution in [0, 0.1) is 24.0 Å². The zero-order chi connectivity index (χ0) is 15.6. The number of nitrogens with one attached hydrogen (secondary N) is 1. The van der Waals surface area contributed by atoms with Gasteiger partial charge in [-0.2, -0.15) is 0 Å². The predicted octanol–water partition coefficient (Wildman–Crippen LogP) is 2.91. The van der Waals surface area contributed by atoms with Gasteiger partial charge in [-0.1, -0.05) is 11.6 Å². The molecule has 2 aromatic rings. The van der Waals surface area contributed by atoms with Crippen molar-refractivity contribution in [1.82, 2.24) is 9.97 Å². The minimum atomic E-state index is -0.687. The van der Waals surface area contributed by atoms with Crippen LogP contribution in [0.1, 0.15) is 21.6 Å². The number of hydrogen-bond acceptors (Lipinski definition) is 5. The summed E-state index contributed by atoms with van der Waals surface area (Å²) in [4.78, 5) is 30.2. The number of nitro groups is 1. The molecule has 0 bridgehead atoms. The molecule has 7 nitrogen and oxygen atoms in total. The van der Waals surface area contributed by atoms with Gasteiger partial charge in [0.2, 0.25) is 0 Å². The summed E-state index contributed by atoms with van der Waals surface area (Å²) in [7, 11) is 0. The highest BCUT2D eigenvalue weighted by Gasteiger charge is 2.21. The number of nitrogens with zero attached hydrogens (tertiary/aromatic N) is 3. The van der Waals surface area contributed by atoms with E-state index >= 15 is 0 Å². The summed E-state index contributed by atoms with van der Waals surface area (Å²) in [6, 6.07) is 4.67. The van der Waals surface area contributed by atoms with Gasteiger partial charge in [0.25, 0.3) is 11.6 Å². The molecule has 0 saturated heterocycles. The van der Waals surface area contributed by atoms with Crippen molar-refractivity contribution in [3.05, 3.63) is 56.5 Å². The van der Waals surface area contributed by atoms with E-state index < -0.39 is 16.5 Å². The molecule has 0 atom stereocenters. The second-order valence-electron chi connectivity index (χ2n) is 4.41. The molecule has 0 saturated carbocycles. The maximum Gasteiger partial charge on any atom is 0.300 e. The lowest BCUT2D eigenvalue weighted by atomic mass is 10.2. The average Bonchev–Trinajstić information content (AvgIpc) is 2.36. The topological polar surface area (TPSA) is 98.0 Å². The Hall–Kier alpha value is -2.54. The normalized spacial score (nSPS) is 10.2. The SMILES string of the molecule is Cc1cc(C)nc(NC(=O)c2cc(Cl)ncc2[N+](=O)[O-])c1. The lowest BCUT2D eigenvalue weighted by molar-refractivity contribution is -0.385. The Balaban J connectivity index is 2.36. The Morgan fingerprint density at radius 1 is 1.33 bits per heavy atom. The van der Waals surface area contributed by atoms with Gasteiger partial charge >= 0.3 is 0 Å². The molecule has 0 radical (unpaired) electrons. The number of anilines is 1. The molecule has 2 rings (SSSR count). The third kappa shape index (κ3) is 3.51. The largest absolute Gasteiger partial charge is 0.306 e. The minimum Gasteiger partial charge on any atom is -0.306 e. The van der Waals surface area contributed by atoms with Crippen LogP contribution in [0.25, 0.3) is 0 Å². The molecular formula is C13H11ClN4O3. The molecule has 0 unspecified atom stereocenters. The molecule has 0 fully saturated rings. The molecule has 1 amide bonds. The summed E-state index contributed by atoms with van der Waals surface area (Å²) in [5.74, 6) is -0.344. The number of aromatic nitrogens is 2. The Bertz CT molecular complexity index is 713. The van der Waals surface area contributed by atoms with Gasteiger partial charge in [-0.25, -0.2) is 9.97 Å². The Morgan fingerprint density at radius 3 is 2.67 bits per heavy atom. The van der Waals surface area contributed by atoms with Crippen LogP contribution in [-0.4, -0.2) is 20.8 Å². The third-order valence-electron chi connectivity index (χ3n) is 2.63. The van der Waals surface area contributed by atoms with Crippen LogP contribution in [0.3, 0.4) is 0 Å². The number of amides is 1. The summed E-state index contributed by atoms with van der Waals surface area (Å²) >= 11 is 5.69. The molecule has 0 spiro atoms. The molecule has 8 heteroatoms. The fourth-order valence-corrected chi connectivity index (χ4v) is 2.00. The van der Waals surface area contributed by atoms with Crippen LogP contribution in [0.15, 0.2) is 24.4 Å². The average molecular weight is 307 g/mol. The minimum absolute atomic E-state index is 0.000804. The Morgan fingerprint density at radius 2 is 2.05 bits per heavy atom. The molecule has 0 aromatic carbocycles. The Kier molecular flexibility index (Phi) is 4.13. The summed E-state index contributed by atoms with van der Waals surface area (Å²) < 4.78 is 0. The van der Waals surface area contributed by atoms with Crippen molar-refractivity contribution in [3.8, 4) is 0 Å². The van der Waals surface area contributed by atoms with E-state index in [2.05, 4.69) is 15.3 Å². The van der Waals surface area contributed by atoms with Crippen LogP contribution in [0.5, 0.6) is 0 Å². The van der Waals surface area contributed by atoms with Crippen molar-refractivity contribution in [2.75, 3.05) is 5.32 Å². The lowest BCUT2D eigenvalue weighted by Gasteiger charge is -2.07. The van der Waals surface area contributed by atoms with Crippen molar-refractivity contribution in [3.63, 3.8) is 0 Å². The van der Waals surface area contributed by atoms with Gasteiger partial charge in [0, 0.05) is 5.69 Å². The van der Waals surface area contributed by atoms with E-state index in [1.54, 1.807) is 13.0 Å². The smallest absolute Gasteiger partial charge is 0.300 e. The van der Waals surface area contributed by atoms with Crippen molar-refractivity contribution in [1.29, 1.82) is 0 Å². The number of rotatable bonds is 3. The molecule has 2 aromatic heterocycles. The summed E-state index contributed by atoms with van der Waals surface area (Å²) in [6.45, 7) is 3.64. The van der Waals surface area contributed by atoms with Crippen molar-refractivity contribution in [2.24, 2.45) is 0 Å². The molecule has 2 heterocycles. The van der Waals surface area contributed by atoms with Gasteiger partial charge < -0.3 is 5.32 Å². The maximum atomic E-state index is 12.2. The van der Waals surface area contributed by atoms with E-state index in [9.17, 15) is 14.9 Å². The summed E-state index contributed by atoms with van der Waals surface area (Å²) in [5.41, 5.74) is 1.06. The van der Waals surface area contributed by atoms with Gasteiger partial charge in [0.15, 0.2) is 0 Å². The first-order chi connectivity index (χ1) is 9.86. The van der Waals surface area contributed by atoms with Crippen LogP contribution < -0.4 is 5.32 Å². The first-order valence-electron chi connectivity index (χ1n) is 5.93. The van der Waals surface area contributed by atoms with Gasteiger partial charge in [-0.15, -0.1) is 0 Å². The van der Waals surface area contributed by atoms with E-state index in [-0.39, 0.29) is 10.7 Å². The monoisotopic (exact) mass is 306 g/mol. The summed E-state index contributed by atoms with van der Waals surface area (Å²) in [5, 5.41) is 13.4. The number of hydrogen-bond donors (Lipinski definition) is 1. The second kappa shape index (κ2) is 5.84. The van der Waals surface area contributed by atoms with Gasteiger partial charge in [0.1, 0.15) is 22.7 Å². The number of carbonyl (C=O) groups excluding carboxylic acids is 1. The van der Waals surface area contributed by atoms with Gasteiger partial charge in [-0.3, -0.25) is 14.9 Å². The molecule has 108 valence electrons. The highest BCUT2D eigenvalue weighted by Crippen LogP contribution is 2.21. The van der Waals surface area contributed by atoms with Crippen LogP contribution in [0.4, 0.5) is 11.5 Å².